The Morgan fingerprint density at radius 1 is 0.692 bits per heavy atom. The minimum atomic E-state index is 0.552. The maximum absolute atomic E-state index is 5.45. The Balaban J connectivity index is 3.47. The first-order valence-electron chi connectivity index (χ1n) is 4.30. The molecule has 0 radical (unpaired) electrons. The topological polar surface area (TPSA) is 78.1 Å². The van der Waals surface area contributed by atoms with Crippen molar-refractivity contribution < 1.29 is 0 Å². The molecule has 0 rings (SSSR count). The van der Waals surface area contributed by atoms with Crippen molar-refractivity contribution >= 4 is 35.3 Å². The van der Waals surface area contributed by atoms with Gasteiger partial charge in [0.15, 0.2) is 0 Å². The second kappa shape index (κ2) is 11.0. The smallest absolute Gasteiger partial charge is 0.0957 e. The summed E-state index contributed by atoms with van der Waals surface area (Å²) >= 11 is 5.67. The van der Waals surface area contributed by atoms with E-state index < -0.39 is 0 Å². The van der Waals surface area contributed by atoms with Gasteiger partial charge in [0, 0.05) is 36.9 Å². The third kappa shape index (κ3) is 9.24. The van der Waals surface area contributed by atoms with E-state index in [1.807, 2.05) is 35.3 Å². The molecule has 0 heterocycles. The van der Waals surface area contributed by atoms with Gasteiger partial charge in [0.2, 0.25) is 0 Å². The Labute approximate surface area is 93.3 Å². The molecule has 0 atom stereocenters. The first-order valence-corrected chi connectivity index (χ1v) is 7.44. The summed E-state index contributed by atoms with van der Waals surface area (Å²) in [5.41, 5.74) is 16.3. The van der Waals surface area contributed by atoms with E-state index in [0.29, 0.717) is 3.91 Å². The predicted molar refractivity (Wildman–Crippen MR) is 68.3 cm³/mol. The third-order valence-electron chi connectivity index (χ3n) is 1.12. The molecule has 0 saturated carbocycles. The van der Waals surface area contributed by atoms with Crippen molar-refractivity contribution in [3.63, 3.8) is 0 Å². The van der Waals surface area contributed by atoms with E-state index in [1.54, 1.807) is 0 Å². The Kier molecular flexibility index (Phi) is 11.8. The summed E-state index contributed by atoms with van der Waals surface area (Å²) in [4.78, 5) is 0. The summed E-state index contributed by atoms with van der Waals surface area (Å²) in [5.74, 6) is 3.04. The van der Waals surface area contributed by atoms with Crippen LogP contribution in [-0.4, -0.2) is 40.8 Å². The van der Waals surface area contributed by atoms with Crippen molar-refractivity contribution in [3.05, 3.63) is 0 Å². The molecule has 0 amide bonds. The Morgan fingerprint density at radius 2 is 1.00 bits per heavy atom. The fourth-order valence-corrected chi connectivity index (χ4v) is 4.51. The van der Waals surface area contributed by atoms with Crippen LogP contribution in [0.4, 0.5) is 0 Å². The summed E-state index contributed by atoms with van der Waals surface area (Å²) in [7, 11) is 0. The summed E-state index contributed by atoms with van der Waals surface area (Å²) in [6.07, 6.45) is 0. The van der Waals surface area contributed by atoms with Gasteiger partial charge in [0.1, 0.15) is 0 Å². The quantitative estimate of drug-likeness (QED) is 0.506. The summed E-state index contributed by atoms with van der Waals surface area (Å²) in [6.45, 7) is 2.23. The minimum absolute atomic E-state index is 0.552. The van der Waals surface area contributed by atoms with Crippen LogP contribution in [0.3, 0.4) is 0 Å². The molecule has 0 aromatic rings. The molecule has 0 unspecified atom stereocenters. The zero-order valence-electron chi connectivity index (χ0n) is 7.78. The number of thioether (sulfide) groups is 3. The van der Waals surface area contributed by atoms with E-state index in [2.05, 4.69) is 0 Å². The van der Waals surface area contributed by atoms with Gasteiger partial charge in [-0.3, -0.25) is 0 Å². The molecule has 0 aliphatic rings. The van der Waals surface area contributed by atoms with Crippen LogP contribution in [0.2, 0.25) is 0 Å². The van der Waals surface area contributed by atoms with Crippen LogP contribution < -0.4 is 17.2 Å². The van der Waals surface area contributed by atoms with E-state index in [0.717, 1.165) is 36.9 Å². The Bertz CT molecular complexity index is 86.0. The number of nitrogens with two attached hydrogens (primary N) is 3. The van der Waals surface area contributed by atoms with Gasteiger partial charge in [-0.1, -0.05) is 0 Å². The lowest BCUT2D eigenvalue weighted by Crippen LogP contribution is -2.10. The van der Waals surface area contributed by atoms with Crippen molar-refractivity contribution in [2.45, 2.75) is 3.91 Å². The maximum atomic E-state index is 5.45. The lowest BCUT2D eigenvalue weighted by atomic mass is 10.8. The average Bonchev–Trinajstić information content (AvgIpc) is 2.17. The van der Waals surface area contributed by atoms with E-state index >= 15 is 0 Å². The lowest BCUT2D eigenvalue weighted by Gasteiger charge is -2.14. The molecular formula is C7H19N3S3. The van der Waals surface area contributed by atoms with Gasteiger partial charge in [-0.2, -0.15) is 0 Å². The second-order valence-electron chi connectivity index (χ2n) is 2.27. The number of hydrogen-bond donors (Lipinski definition) is 3. The van der Waals surface area contributed by atoms with Crippen LogP contribution in [-0.2, 0) is 0 Å². The monoisotopic (exact) mass is 241 g/mol. The molecule has 0 fully saturated rings. The highest BCUT2D eigenvalue weighted by atomic mass is 32.3. The highest BCUT2D eigenvalue weighted by Gasteiger charge is 2.08. The molecule has 0 aromatic heterocycles. The molecule has 80 valence electrons. The molecule has 0 aliphatic carbocycles. The molecular weight excluding hydrogens is 222 g/mol. The zero-order chi connectivity index (χ0) is 9.94. The first-order chi connectivity index (χ1) is 6.35. The van der Waals surface area contributed by atoms with Gasteiger partial charge in [-0.15, -0.1) is 35.3 Å². The van der Waals surface area contributed by atoms with E-state index in [9.17, 15) is 0 Å². The molecule has 0 saturated heterocycles. The van der Waals surface area contributed by atoms with E-state index in [1.165, 1.54) is 0 Å². The van der Waals surface area contributed by atoms with Crippen LogP contribution in [0.1, 0.15) is 0 Å². The third-order valence-corrected chi connectivity index (χ3v) is 5.80. The predicted octanol–water partition coefficient (Wildman–Crippen LogP) is 0.346. The fraction of sp³-hybridized carbons (Fsp3) is 1.00. The van der Waals surface area contributed by atoms with Gasteiger partial charge in [0.05, 0.1) is 3.91 Å². The molecule has 13 heavy (non-hydrogen) atoms. The van der Waals surface area contributed by atoms with Crippen molar-refractivity contribution in [3.8, 4) is 0 Å². The van der Waals surface area contributed by atoms with Crippen LogP contribution in [0, 0.1) is 0 Å². The highest BCUT2D eigenvalue weighted by molar-refractivity contribution is 8.32. The van der Waals surface area contributed by atoms with Crippen LogP contribution in [0.25, 0.3) is 0 Å². The van der Waals surface area contributed by atoms with Crippen molar-refractivity contribution in [2.24, 2.45) is 17.2 Å². The molecule has 6 N–H and O–H groups in total. The van der Waals surface area contributed by atoms with Gasteiger partial charge >= 0.3 is 0 Å². The standard InChI is InChI=1S/C7H19N3S3/c8-1-4-11-7(12-5-2-9)13-6-3-10/h7H,1-6,8-10H2. The first kappa shape index (κ1) is 13.9. The van der Waals surface area contributed by atoms with Gasteiger partial charge in [0.25, 0.3) is 0 Å². The van der Waals surface area contributed by atoms with Crippen LogP contribution in [0.15, 0.2) is 0 Å². The summed E-state index contributed by atoms with van der Waals surface area (Å²) in [6, 6.07) is 0. The van der Waals surface area contributed by atoms with Crippen LogP contribution >= 0.6 is 35.3 Å². The molecule has 0 aliphatic heterocycles. The molecule has 3 nitrogen and oxygen atoms in total. The average molecular weight is 241 g/mol. The van der Waals surface area contributed by atoms with Gasteiger partial charge in [-0.25, -0.2) is 0 Å². The second-order valence-corrected chi connectivity index (χ2v) is 6.80. The SMILES string of the molecule is NCCSC(SCCN)SCCN. The van der Waals surface area contributed by atoms with Crippen molar-refractivity contribution in [1.29, 1.82) is 0 Å². The highest BCUT2D eigenvalue weighted by Crippen LogP contribution is 2.32. The maximum Gasteiger partial charge on any atom is 0.0957 e. The molecule has 0 spiro atoms. The Hall–Kier alpha value is 0.930. The van der Waals surface area contributed by atoms with Gasteiger partial charge in [-0.05, 0) is 0 Å². The normalized spacial score (nSPS) is 11.1. The summed E-state index contributed by atoms with van der Waals surface area (Å²) in [5, 5.41) is 0. The summed E-state index contributed by atoms with van der Waals surface area (Å²) < 4.78 is 0.552. The largest absolute Gasteiger partial charge is 0.330 e. The van der Waals surface area contributed by atoms with Gasteiger partial charge < -0.3 is 17.2 Å². The van der Waals surface area contributed by atoms with Crippen molar-refractivity contribution in [1.82, 2.24) is 0 Å². The lowest BCUT2D eigenvalue weighted by molar-refractivity contribution is 1.14. The van der Waals surface area contributed by atoms with E-state index in [4.69, 9.17) is 17.2 Å². The molecule has 6 heteroatoms. The van der Waals surface area contributed by atoms with E-state index in [-0.39, 0.29) is 0 Å². The minimum Gasteiger partial charge on any atom is -0.330 e. The van der Waals surface area contributed by atoms with Crippen LogP contribution in [0.5, 0.6) is 0 Å². The number of rotatable bonds is 9. The fourth-order valence-electron chi connectivity index (χ4n) is 0.637. The molecule has 0 aromatic carbocycles. The zero-order valence-corrected chi connectivity index (χ0v) is 10.2. The molecule has 0 bridgehead atoms. The Morgan fingerprint density at radius 3 is 1.23 bits per heavy atom. The number of hydrogen-bond acceptors (Lipinski definition) is 6. The van der Waals surface area contributed by atoms with Crippen molar-refractivity contribution in [2.75, 3.05) is 36.9 Å².